The number of halogens is 1. The highest BCUT2D eigenvalue weighted by molar-refractivity contribution is 6.39. The van der Waals surface area contributed by atoms with Crippen molar-refractivity contribution in [1.82, 2.24) is 5.32 Å². The molecule has 2 N–H and O–H groups in total. The lowest BCUT2D eigenvalue weighted by Gasteiger charge is -2.14. The van der Waals surface area contributed by atoms with Gasteiger partial charge in [0, 0.05) is 5.69 Å². The Morgan fingerprint density at radius 3 is 2.17 bits per heavy atom. The lowest BCUT2D eigenvalue weighted by atomic mass is 10.1. The van der Waals surface area contributed by atoms with Crippen LogP contribution >= 0.6 is 0 Å². The number of aryl methyl sites for hydroxylation is 1. The fourth-order valence-corrected chi connectivity index (χ4v) is 2.11. The van der Waals surface area contributed by atoms with E-state index in [9.17, 15) is 14.0 Å². The van der Waals surface area contributed by atoms with Crippen molar-refractivity contribution in [3.8, 4) is 0 Å². The third-order valence-corrected chi connectivity index (χ3v) is 3.54. The standard InChI is InChI=1S/C18H19FN2O2/c1-3-13-4-6-14(7-5-13)12(2)20-17(22)18(23)21-16-10-8-15(19)9-11-16/h4-12H,3H2,1-2H3,(H,20,22)(H,21,23). The molecule has 0 aromatic heterocycles. The molecule has 0 spiro atoms. The van der Waals surface area contributed by atoms with Gasteiger partial charge in [0.05, 0.1) is 6.04 Å². The zero-order valence-electron chi connectivity index (χ0n) is 13.1. The molecule has 0 bridgehead atoms. The Hall–Kier alpha value is -2.69. The van der Waals surface area contributed by atoms with Crippen molar-refractivity contribution in [3.05, 3.63) is 65.5 Å². The van der Waals surface area contributed by atoms with Crippen LogP contribution in [-0.4, -0.2) is 11.8 Å². The average Bonchev–Trinajstić information content (AvgIpc) is 2.56. The first-order valence-corrected chi connectivity index (χ1v) is 7.46. The van der Waals surface area contributed by atoms with Gasteiger partial charge in [-0.3, -0.25) is 9.59 Å². The van der Waals surface area contributed by atoms with Gasteiger partial charge in [-0.15, -0.1) is 0 Å². The predicted octanol–water partition coefficient (Wildman–Crippen LogP) is 3.20. The average molecular weight is 314 g/mol. The maximum absolute atomic E-state index is 12.8. The second-order valence-corrected chi connectivity index (χ2v) is 5.25. The Labute approximate surface area is 134 Å². The van der Waals surface area contributed by atoms with E-state index in [0.717, 1.165) is 12.0 Å². The Morgan fingerprint density at radius 2 is 1.61 bits per heavy atom. The first-order valence-electron chi connectivity index (χ1n) is 7.46. The molecule has 5 heteroatoms. The first-order chi connectivity index (χ1) is 11.0. The molecule has 0 fully saturated rings. The number of nitrogens with one attached hydrogen (secondary N) is 2. The summed E-state index contributed by atoms with van der Waals surface area (Å²) in [6.45, 7) is 3.88. The normalized spacial score (nSPS) is 11.6. The van der Waals surface area contributed by atoms with Crippen molar-refractivity contribution in [2.75, 3.05) is 5.32 Å². The SMILES string of the molecule is CCc1ccc(C(C)NC(=O)C(=O)Nc2ccc(F)cc2)cc1. The molecular weight excluding hydrogens is 295 g/mol. The molecule has 2 aromatic carbocycles. The molecular formula is C18H19FN2O2. The largest absolute Gasteiger partial charge is 0.341 e. The smallest absolute Gasteiger partial charge is 0.313 e. The zero-order valence-corrected chi connectivity index (χ0v) is 13.1. The summed E-state index contributed by atoms with van der Waals surface area (Å²) >= 11 is 0. The number of hydrogen-bond donors (Lipinski definition) is 2. The minimum absolute atomic E-state index is 0.285. The molecule has 1 atom stereocenters. The minimum atomic E-state index is -0.784. The second kappa shape index (κ2) is 7.54. The fourth-order valence-electron chi connectivity index (χ4n) is 2.11. The highest BCUT2D eigenvalue weighted by Gasteiger charge is 2.17. The third-order valence-electron chi connectivity index (χ3n) is 3.54. The summed E-state index contributed by atoms with van der Waals surface area (Å²) in [4.78, 5) is 23.8. The van der Waals surface area contributed by atoms with E-state index in [1.165, 1.54) is 29.8 Å². The van der Waals surface area contributed by atoms with Gasteiger partial charge in [-0.1, -0.05) is 31.2 Å². The van der Waals surface area contributed by atoms with Crippen molar-refractivity contribution in [2.45, 2.75) is 26.3 Å². The molecule has 2 amide bonds. The number of benzene rings is 2. The third kappa shape index (κ3) is 4.64. The molecule has 0 aliphatic heterocycles. The van der Waals surface area contributed by atoms with Crippen molar-refractivity contribution in [1.29, 1.82) is 0 Å². The molecule has 0 saturated heterocycles. The lowest BCUT2D eigenvalue weighted by Crippen LogP contribution is -2.36. The minimum Gasteiger partial charge on any atom is -0.341 e. The van der Waals surface area contributed by atoms with Gasteiger partial charge >= 0.3 is 11.8 Å². The van der Waals surface area contributed by atoms with Crippen LogP contribution < -0.4 is 10.6 Å². The molecule has 0 heterocycles. The van der Waals surface area contributed by atoms with Crippen LogP contribution in [0.3, 0.4) is 0 Å². The molecule has 4 nitrogen and oxygen atoms in total. The number of anilines is 1. The summed E-state index contributed by atoms with van der Waals surface area (Å²) in [7, 11) is 0. The van der Waals surface area contributed by atoms with E-state index >= 15 is 0 Å². The monoisotopic (exact) mass is 314 g/mol. The van der Waals surface area contributed by atoms with Crippen molar-refractivity contribution >= 4 is 17.5 Å². The van der Waals surface area contributed by atoms with Gasteiger partial charge in [-0.05, 0) is 48.7 Å². The van der Waals surface area contributed by atoms with E-state index in [1.807, 2.05) is 31.2 Å². The van der Waals surface area contributed by atoms with Crippen molar-refractivity contribution in [3.63, 3.8) is 0 Å². The summed E-state index contributed by atoms with van der Waals surface area (Å²) in [6.07, 6.45) is 0.946. The van der Waals surface area contributed by atoms with Gasteiger partial charge in [-0.25, -0.2) is 4.39 Å². The lowest BCUT2D eigenvalue weighted by molar-refractivity contribution is -0.136. The highest BCUT2D eigenvalue weighted by Crippen LogP contribution is 2.14. The van der Waals surface area contributed by atoms with Gasteiger partial charge in [0.2, 0.25) is 0 Å². The molecule has 1 unspecified atom stereocenters. The molecule has 0 radical (unpaired) electrons. The molecule has 2 aromatic rings. The van der Waals surface area contributed by atoms with Gasteiger partial charge in [0.1, 0.15) is 5.82 Å². The van der Waals surface area contributed by atoms with Crippen LogP contribution in [0.15, 0.2) is 48.5 Å². The quantitative estimate of drug-likeness (QED) is 0.851. The summed E-state index contributed by atoms with van der Waals surface area (Å²) in [5, 5.41) is 5.07. The van der Waals surface area contributed by atoms with Crippen LogP contribution in [0.25, 0.3) is 0 Å². The predicted molar refractivity (Wildman–Crippen MR) is 87.4 cm³/mol. The molecule has 0 saturated carbocycles. The number of carbonyl (C=O) groups is 2. The molecule has 23 heavy (non-hydrogen) atoms. The van der Waals surface area contributed by atoms with Gasteiger partial charge in [0.25, 0.3) is 0 Å². The Morgan fingerprint density at radius 1 is 1.00 bits per heavy atom. The molecule has 120 valence electrons. The van der Waals surface area contributed by atoms with E-state index in [1.54, 1.807) is 0 Å². The highest BCUT2D eigenvalue weighted by atomic mass is 19.1. The van der Waals surface area contributed by atoms with Gasteiger partial charge in [0.15, 0.2) is 0 Å². The summed E-state index contributed by atoms with van der Waals surface area (Å²) in [5.41, 5.74) is 2.50. The van der Waals surface area contributed by atoms with E-state index in [4.69, 9.17) is 0 Å². The van der Waals surface area contributed by atoms with E-state index < -0.39 is 17.6 Å². The van der Waals surface area contributed by atoms with Crippen LogP contribution in [0.2, 0.25) is 0 Å². The number of rotatable bonds is 4. The zero-order chi connectivity index (χ0) is 16.8. The van der Waals surface area contributed by atoms with Crippen LogP contribution in [0.1, 0.15) is 31.0 Å². The summed E-state index contributed by atoms with van der Waals surface area (Å²) < 4.78 is 12.8. The van der Waals surface area contributed by atoms with Crippen LogP contribution in [-0.2, 0) is 16.0 Å². The number of amides is 2. The summed E-state index contributed by atoms with van der Waals surface area (Å²) in [6, 6.07) is 12.8. The Balaban J connectivity index is 1.94. The first kappa shape index (κ1) is 16.7. The fraction of sp³-hybridized carbons (Fsp3) is 0.222. The number of hydrogen-bond acceptors (Lipinski definition) is 2. The Kier molecular flexibility index (Phi) is 5.46. The maximum atomic E-state index is 12.8. The topological polar surface area (TPSA) is 58.2 Å². The van der Waals surface area contributed by atoms with Crippen LogP contribution in [0.4, 0.5) is 10.1 Å². The molecule has 0 aliphatic rings. The van der Waals surface area contributed by atoms with Crippen molar-refractivity contribution in [2.24, 2.45) is 0 Å². The summed E-state index contributed by atoms with van der Waals surface area (Å²) in [5.74, 6) is -1.92. The van der Waals surface area contributed by atoms with Crippen molar-refractivity contribution < 1.29 is 14.0 Å². The van der Waals surface area contributed by atoms with Gasteiger partial charge in [-0.2, -0.15) is 0 Å². The van der Waals surface area contributed by atoms with Gasteiger partial charge < -0.3 is 10.6 Å². The molecule has 2 rings (SSSR count). The second-order valence-electron chi connectivity index (χ2n) is 5.25. The van der Waals surface area contributed by atoms with E-state index in [0.29, 0.717) is 5.69 Å². The maximum Gasteiger partial charge on any atom is 0.313 e. The molecule has 0 aliphatic carbocycles. The van der Waals surface area contributed by atoms with E-state index in [2.05, 4.69) is 17.6 Å². The Bertz CT molecular complexity index is 681. The van der Waals surface area contributed by atoms with E-state index in [-0.39, 0.29) is 6.04 Å². The number of carbonyl (C=O) groups excluding carboxylic acids is 2. The van der Waals surface area contributed by atoms with Crippen LogP contribution in [0.5, 0.6) is 0 Å². The van der Waals surface area contributed by atoms with Crippen LogP contribution in [0, 0.1) is 5.82 Å².